The molecule has 32 heavy (non-hydrogen) atoms. The van der Waals surface area contributed by atoms with Crippen LogP contribution in [0.4, 0.5) is 16.2 Å². The number of benzene rings is 2. The van der Waals surface area contributed by atoms with E-state index in [2.05, 4.69) is 10.3 Å². The summed E-state index contributed by atoms with van der Waals surface area (Å²) in [4.78, 5) is 27.8. The quantitative estimate of drug-likeness (QED) is 0.0764. The molecule has 15 nitrogen and oxygen atoms in total. The van der Waals surface area contributed by atoms with Crippen molar-refractivity contribution in [3.05, 3.63) is 79.9 Å². The first-order valence-corrected chi connectivity index (χ1v) is 7.36. The van der Waals surface area contributed by atoms with Gasteiger partial charge in [0, 0.05) is 35.4 Å². The topological polar surface area (TPSA) is 267 Å². The summed E-state index contributed by atoms with van der Waals surface area (Å²) in [7, 11) is 0. The Balaban J connectivity index is -0.000000428. The second-order valence-electron chi connectivity index (χ2n) is 4.83. The van der Waals surface area contributed by atoms with Gasteiger partial charge in [-0.25, -0.2) is 0 Å². The molecule has 0 aromatic heterocycles. The molecule has 17 heteroatoms. The van der Waals surface area contributed by atoms with Crippen LogP contribution in [0.25, 0.3) is 0 Å². The summed E-state index contributed by atoms with van der Waals surface area (Å²) in [6.45, 7) is 0. The van der Waals surface area contributed by atoms with Crippen LogP contribution >= 0.6 is 0 Å². The van der Waals surface area contributed by atoms with E-state index < -0.39 is 16.0 Å². The van der Waals surface area contributed by atoms with Crippen LogP contribution in [0.3, 0.4) is 0 Å². The van der Waals surface area contributed by atoms with Gasteiger partial charge in [-0.05, 0) is 30.4 Å². The number of carboxylic acid groups (broad SMARTS) is 2. The van der Waals surface area contributed by atoms with E-state index in [4.69, 9.17) is 36.9 Å². The summed E-state index contributed by atoms with van der Waals surface area (Å²) in [5.41, 5.74) is 11.3. The minimum atomic E-state index is -2.33. The number of amidine groups is 2. The molecule has 2 aromatic carbocycles. The predicted molar refractivity (Wildman–Crippen MR) is 96.6 cm³/mol. The van der Waals surface area contributed by atoms with Crippen molar-refractivity contribution in [2.75, 3.05) is 0 Å². The second kappa shape index (κ2) is 18.9. The molecule has 0 heterocycles. The maximum atomic E-state index is 10.2. The summed E-state index contributed by atoms with van der Waals surface area (Å²) >= 11 is 0. The molecular formula is C15H14K2N6O9. The minimum absolute atomic E-state index is 0. The first-order valence-electron chi connectivity index (χ1n) is 7.36. The van der Waals surface area contributed by atoms with Crippen LogP contribution in [0.1, 0.15) is 11.1 Å². The summed E-state index contributed by atoms with van der Waals surface area (Å²) < 4.78 is 0. The molecule has 0 aliphatic carbocycles. The smallest absolute Gasteiger partial charge is 0.652 e. The number of nitro benzene ring substituents is 2. The fourth-order valence-electron chi connectivity index (χ4n) is 1.62. The molecule has 0 bridgehead atoms. The molecule has 0 amide bonds. The van der Waals surface area contributed by atoms with Crippen LogP contribution in [0.2, 0.25) is 0 Å². The number of rotatable bonds is 4. The molecule has 0 fully saturated rings. The maximum Gasteiger partial charge on any atom is 1.00 e. The van der Waals surface area contributed by atoms with E-state index in [9.17, 15) is 20.2 Å². The Bertz CT molecular complexity index is 862. The van der Waals surface area contributed by atoms with Gasteiger partial charge in [0.25, 0.3) is 11.4 Å². The Morgan fingerprint density at radius 2 is 0.938 bits per heavy atom. The number of carbonyl (C=O) groups excluding carboxylic acids is 1. The predicted octanol–water partition coefficient (Wildman–Crippen LogP) is -7.06. The van der Waals surface area contributed by atoms with Gasteiger partial charge >= 0.3 is 103 Å². The third kappa shape index (κ3) is 14.4. The minimum Gasteiger partial charge on any atom is -0.652 e. The van der Waals surface area contributed by atoms with Gasteiger partial charge < -0.3 is 36.9 Å². The third-order valence-corrected chi connectivity index (χ3v) is 2.96. The molecule has 2 rings (SSSR count). The molecule has 0 atom stereocenters. The molecule has 0 spiro atoms. The summed E-state index contributed by atoms with van der Waals surface area (Å²) in [6, 6.07) is 10.8. The molecule has 0 aliphatic heterocycles. The van der Waals surface area contributed by atoms with E-state index in [-0.39, 0.29) is 126 Å². The number of hydrogen-bond donors (Lipinski definition) is 4. The van der Waals surface area contributed by atoms with E-state index in [1.54, 1.807) is 0 Å². The van der Waals surface area contributed by atoms with Crippen molar-refractivity contribution in [3.8, 4) is 0 Å². The summed E-state index contributed by atoms with van der Waals surface area (Å²) in [5.74, 6) is -0.148. The Morgan fingerprint density at radius 3 is 1.09 bits per heavy atom. The second-order valence-corrected chi connectivity index (χ2v) is 4.83. The van der Waals surface area contributed by atoms with Crippen molar-refractivity contribution in [2.24, 2.45) is 21.8 Å². The van der Waals surface area contributed by atoms with E-state index in [1.165, 1.54) is 48.5 Å². The monoisotopic (exact) mass is 500 g/mol. The van der Waals surface area contributed by atoms with Crippen molar-refractivity contribution < 1.29 is 138 Å². The van der Waals surface area contributed by atoms with Crippen molar-refractivity contribution in [3.63, 3.8) is 0 Å². The van der Waals surface area contributed by atoms with E-state index in [1.807, 2.05) is 0 Å². The fourth-order valence-corrected chi connectivity index (χ4v) is 1.62. The van der Waals surface area contributed by atoms with Crippen LogP contribution in [0.5, 0.6) is 0 Å². The maximum absolute atomic E-state index is 10.2. The number of oxime groups is 2. The number of nitro groups is 2. The van der Waals surface area contributed by atoms with E-state index in [0.29, 0.717) is 11.1 Å². The number of nitrogens with zero attached hydrogens (tertiary/aromatic N) is 4. The zero-order chi connectivity index (χ0) is 23.3. The van der Waals surface area contributed by atoms with Gasteiger partial charge in [-0.15, -0.1) is 0 Å². The van der Waals surface area contributed by atoms with Gasteiger partial charge in [0.1, 0.15) is 0 Å². The number of non-ortho nitro benzene ring substituents is 2. The van der Waals surface area contributed by atoms with Crippen molar-refractivity contribution in [1.29, 1.82) is 0 Å². The Labute approximate surface area is 264 Å². The average Bonchev–Trinajstić information content (AvgIpc) is 2.72. The molecule has 2 aromatic rings. The van der Waals surface area contributed by atoms with Gasteiger partial charge in [0.2, 0.25) is 0 Å². The number of nitrogens with two attached hydrogens (primary N) is 2. The van der Waals surface area contributed by atoms with Crippen molar-refractivity contribution in [2.45, 2.75) is 0 Å². The molecule has 0 unspecified atom stereocenters. The molecule has 0 saturated carbocycles. The Morgan fingerprint density at radius 1 is 0.719 bits per heavy atom. The molecule has 0 radical (unpaired) electrons. The summed E-state index contributed by atoms with van der Waals surface area (Å²) in [6.07, 6.45) is -2.33. The fraction of sp³-hybridized carbons (Fsp3) is 0. The van der Waals surface area contributed by atoms with Crippen LogP contribution in [-0.4, -0.2) is 38.1 Å². The average molecular weight is 501 g/mol. The van der Waals surface area contributed by atoms with Crippen molar-refractivity contribution >= 4 is 29.2 Å². The van der Waals surface area contributed by atoms with Gasteiger partial charge in [-0.2, -0.15) is 0 Å². The Kier molecular flexibility index (Phi) is 20.6. The van der Waals surface area contributed by atoms with Crippen LogP contribution < -0.4 is 124 Å². The summed E-state index contributed by atoms with van der Waals surface area (Å²) in [5, 5.41) is 59.3. The first-order chi connectivity index (χ1) is 14.0. The molecule has 0 aliphatic rings. The third-order valence-electron chi connectivity index (χ3n) is 2.96. The Hall–Kier alpha value is -1.68. The molecule has 6 N–H and O–H groups in total. The van der Waals surface area contributed by atoms with Crippen molar-refractivity contribution in [1.82, 2.24) is 0 Å². The SMILES string of the molecule is NC(=NO)c1ccc([N+](=O)[O-])cc1.NC(=NO)c1ccc([N+](=O)[O-])cc1.O=C([O-])[O-].[K+].[K+]. The van der Waals surface area contributed by atoms with Gasteiger partial charge in [-0.1, -0.05) is 10.3 Å². The standard InChI is InChI=1S/2C7H7N3O3.CH2O3.2K/c2*8-7(9-11)5-1-3-6(4-2-5)10(12)13;2-1(3)4;;/h2*1-4,11H,(H2,8,9);(H2,2,3,4);;/q;;;2*+1/p-2. The van der Waals surface area contributed by atoms with E-state index in [0.717, 1.165) is 0 Å². The van der Waals surface area contributed by atoms with Crippen LogP contribution in [-0.2, 0) is 0 Å². The van der Waals surface area contributed by atoms with E-state index >= 15 is 0 Å². The normalized spacial score (nSPS) is 9.88. The van der Waals surface area contributed by atoms with Gasteiger partial charge in [-0.3, -0.25) is 20.2 Å². The molecule has 0 saturated heterocycles. The number of carbonyl (C=O) groups is 1. The first kappa shape index (κ1) is 34.9. The van der Waals surface area contributed by atoms with Gasteiger partial charge in [0.05, 0.1) is 9.85 Å². The van der Waals surface area contributed by atoms with Gasteiger partial charge in [0.15, 0.2) is 11.7 Å². The number of hydrogen-bond acceptors (Lipinski definition) is 11. The van der Waals surface area contributed by atoms with Crippen LogP contribution in [0.15, 0.2) is 58.8 Å². The zero-order valence-corrected chi connectivity index (χ0v) is 23.1. The van der Waals surface area contributed by atoms with Crippen LogP contribution in [0, 0.1) is 20.2 Å². The largest absolute Gasteiger partial charge is 1.00 e. The molecular weight excluding hydrogens is 486 g/mol. The molecule has 160 valence electrons. The zero-order valence-electron chi connectivity index (χ0n) is 16.8.